The summed E-state index contributed by atoms with van der Waals surface area (Å²) < 4.78 is 1.56. The van der Waals surface area contributed by atoms with Crippen LogP contribution in [-0.2, 0) is 4.79 Å². The zero-order valence-corrected chi connectivity index (χ0v) is 13.0. The summed E-state index contributed by atoms with van der Waals surface area (Å²) in [6.07, 6.45) is 3.60. The third-order valence-corrected chi connectivity index (χ3v) is 4.14. The SMILES string of the molecule is Cc1nn(-c2ncccn2)c2c1[C@H](c1ccc(O)cc1)CC(=O)N2. The summed E-state index contributed by atoms with van der Waals surface area (Å²) >= 11 is 0. The van der Waals surface area contributed by atoms with E-state index in [9.17, 15) is 9.90 Å². The van der Waals surface area contributed by atoms with Gasteiger partial charge in [-0.2, -0.15) is 9.78 Å². The van der Waals surface area contributed by atoms with E-state index in [2.05, 4.69) is 20.4 Å². The van der Waals surface area contributed by atoms with Crippen molar-refractivity contribution in [2.45, 2.75) is 19.3 Å². The Kier molecular flexibility index (Phi) is 3.26. The van der Waals surface area contributed by atoms with Gasteiger partial charge in [-0.15, -0.1) is 0 Å². The molecule has 120 valence electrons. The minimum atomic E-state index is -0.119. The fraction of sp³-hybridized carbons (Fsp3) is 0.176. The number of amides is 1. The Labute approximate surface area is 138 Å². The van der Waals surface area contributed by atoms with Crippen LogP contribution in [0.1, 0.15) is 29.2 Å². The number of phenolic OH excluding ortho intramolecular Hbond substituents is 1. The predicted octanol–water partition coefficient (Wildman–Crippen LogP) is 2.15. The highest BCUT2D eigenvalue weighted by Crippen LogP contribution is 2.40. The lowest BCUT2D eigenvalue weighted by molar-refractivity contribution is -0.116. The van der Waals surface area contributed by atoms with Gasteiger partial charge in [-0.3, -0.25) is 4.79 Å². The maximum atomic E-state index is 12.2. The topological polar surface area (TPSA) is 92.9 Å². The van der Waals surface area contributed by atoms with Crippen molar-refractivity contribution in [1.82, 2.24) is 19.7 Å². The first-order chi connectivity index (χ1) is 11.6. The van der Waals surface area contributed by atoms with Gasteiger partial charge in [0.1, 0.15) is 11.6 Å². The van der Waals surface area contributed by atoms with E-state index in [0.29, 0.717) is 18.2 Å². The lowest BCUT2D eigenvalue weighted by atomic mass is 9.86. The van der Waals surface area contributed by atoms with E-state index in [1.165, 1.54) is 0 Å². The van der Waals surface area contributed by atoms with Crippen molar-refractivity contribution in [3.63, 3.8) is 0 Å². The van der Waals surface area contributed by atoms with Crippen molar-refractivity contribution in [3.8, 4) is 11.7 Å². The third-order valence-electron chi connectivity index (χ3n) is 4.14. The molecule has 7 heteroatoms. The molecule has 0 unspecified atom stereocenters. The number of phenols is 1. The summed E-state index contributed by atoms with van der Waals surface area (Å²) in [6.45, 7) is 1.91. The van der Waals surface area contributed by atoms with Crippen LogP contribution in [0.2, 0.25) is 0 Å². The van der Waals surface area contributed by atoms with Gasteiger partial charge in [-0.25, -0.2) is 9.97 Å². The molecule has 0 bridgehead atoms. The highest BCUT2D eigenvalue weighted by molar-refractivity contribution is 5.95. The summed E-state index contributed by atoms with van der Waals surface area (Å²) in [5, 5.41) is 16.9. The van der Waals surface area contributed by atoms with Gasteiger partial charge >= 0.3 is 0 Å². The molecule has 3 aromatic rings. The Morgan fingerprint density at radius 3 is 2.62 bits per heavy atom. The van der Waals surface area contributed by atoms with Crippen LogP contribution in [0.25, 0.3) is 5.95 Å². The molecule has 0 spiro atoms. The van der Waals surface area contributed by atoms with Crippen LogP contribution in [0, 0.1) is 6.92 Å². The van der Waals surface area contributed by atoms with E-state index < -0.39 is 0 Å². The highest BCUT2D eigenvalue weighted by Gasteiger charge is 2.33. The zero-order chi connectivity index (χ0) is 16.7. The molecule has 2 N–H and O–H groups in total. The average molecular weight is 321 g/mol. The molecule has 0 saturated carbocycles. The fourth-order valence-electron chi connectivity index (χ4n) is 3.08. The number of rotatable bonds is 2. The first-order valence-electron chi connectivity index (χ1n) is 7.59. The quantitative estimate of drug-likeness (QED) is 0.754. The molecule has 1 aliphatic heterocycles. The first kappa shape index (κ1) is 14.4. The normalized spacial score (nSPS) is 16.5. The molecule has 0 saturated heterocycles. The predicted molar refractivity (Wildman–Crippen MR) is 87.1 cm³/mol. The van der Waals surface area contributed by atoms with E-state index in [-0.39, 0.29) is 17.6 Å². The van der Waals surface area contributed by atoms with Crippen LogP contribution in [0.5, 0.6) is 5.75 Å². The summed E-state index contributed by atoms with van der Waals surface area (Å²) in [7, 11) is 0. The van der Waals surface area contributed by atoms with E-state index in [4.69, 9.17) is 0 Å². The number of aromatic nitrogens is 4. The van der Waals surface area contributed by atoms with Crippen molar-refractivity contribution in [2.24, 2.45) is 0 Å². The second-order valence-corrected chi connectivity index (χ2v) is 5.70. The van der Waals surface area contributed by atoms with Crippen molar-refractivity contribution >= 4 is 11.7 Å². The number of hydrogen-bond donors (Lipinski definition) is 2. The molecule has 1 aliphatic rings. The Balaban J connectivity index is 1.87. The molecular weight excluding hydrogens is 306 g/mol. The Morgan fingerprint density at radius 1 is 1.21 bits per heavy atom. The van der Waals surface area contributed by atoms with Crippen molar-refractivity contribution in [1.29, 1.82) is 0 Å². The van der Waals surface area contributed by atoms with Crippen LogP contribution in [-0.4, -0.2) is 30.8 Å². The van der Waals surface area contributed by atoms with Crippen LogP contribution in [0.3, 0.4) is 0 Å². The number of benzene rings is 1. The van der Waals surface area contributed by atoms with Crippen molar-refractivity contribution in [2.75, 3.05) is 5.32 Å². The number of carbonyl (C=O) groups excluding carboxylic acids is 1. The second kappa shape index (κ2) is 5.45. The van der Waals surface area contributed by atoms with E-state index in [1.807, 2.05) is 19.1 Å². The van der Waals surface area contributed by atoms with Gasteiger partial charge in [0, 0.05) is 30.3 Å². The number of hydrogen-bond acceptors (Lipinski definition) is 5. The van der Waals surface area contributed by atoms with Crippen LogP contribution in [0.4, 0.5) is 5.82 Å². The molecule has 1 atom stereocenters. The van der Waals surface area contributed by atoms with E-state index in [1.54, 1.807) is 35.3 Å². The molecule has 1 aromatic carbocycles. The number of fused-ring (bicyclic) bond motifs is 1. The Morgan fingerprint density at radius 2 is 1.92 bits per heavy atom. The number of nitrogens with one attached hydrogen (secondary N) is 1. The average Bonchev–Trinajstić information content (AvgIpc) is 2.92. The Hall–Kier alpha value is -3.22. The number of nitrogens with zero attached hydrogens (tertiary/aromatic N) is 4. The maximum absolute atomic E-state index is 12.2. The van der Waals surface area contributed by atoms with Gasteiger partial charge in [-0.05, 0) is 30.7 Å². The highest BCUT2D eigenvalue weighted by atomic mass is 16.3. The number of aromatic hydroxyl groups is 1. The van der Waals surface area contributed by atoms with Gasteiger partial charge in [0.05, 0.1) is 5.69 Å². The molecule has 0 fully saturated rings. The third kappa shape index (κ3) is 2.30. The van der Waals surface area contributed by atoms with Gasteiger partial charge in [-0.1, -0.05) is 12.1 Å². The minimum Gasteiger partial charge on any atom is -0.508 e. The molecular formula is C17H15N5O2. The smallest absolute Gasteiger partial charge is 0.252 e. The summed E-state index contributed by atoms with van der Waals surface area (Å²) in [6, 6.07) is 8.64. The lowest BCUT2D eigenvalue weighted by Crippen LogP contribution is -2.25. The van der Waals surface area contributed by atoms with Gasteiger partial charge in [0.15, 0.2) is 0 Å². The van der Waals surface area contributed by atoms with Gasteiger partial charge in [0.2, 0.25) is 5.91 Å². The van der Waals surface area contributed by atoms with Crippen molar-refractivity contribution < 1.29 is 9.90 Å². The monoisotopic (exact) mass is 321 g/mol. The molecule has 7 nitrogen and oxygen atoms in total. The van der Waals surface area contributed by atoms with Crippen LogP contribution < -0.4 is 5.32 Å². The summed E-state index contributed by atoms with van der Waals surface area (Å²) in [4.78, 5) is 20.6. The standard InChI is InChI=1S/C17H15N5O2/c1-10-15-13(11-3-5-12(23)6-4-11)9-14(24)20-16(15)22(21-10)17-18-7-2-8-19-17/h2-8,13,23H,9H2,1H3,(H,20,24)/t13-/m0/s1. The van der Waals surface area contributed by atoms with Gasteiger partial charge < -0.3 is 10.4 Å². The molecule has 4 rings (SSSR count). The second-order valence-electron chi connectivity index (χ2n) is 5.70. The number of carbonyl (C=O) groups is 1. The van der Waals surface area contributed by atoms with Crippen LogP contribution >= 0.6 is 0 Å². The molecule has 0 radical (unpaired) electrons. The largest absolute Gasteiger partial charge is 0.508 e. The van der Waals surface area contributed by atoms with E-state index in [0.717, 1.165) is 16.8 Å². The van der Waals surface area contributed by atoms with E-state index >= 15 is 0 Å². The minimum absolute atomic E-state index is 0.0855. The number of aryl methyl sites for hydroxylation is 1. The molecule has 3 heterocycles. The molecule has 2 aromatic heterocycles. The number of anilines is 1. The molecule has 24 heavy (non-hydrogen) atoms. The van der Waals surface area contributed by atoms with Gasteiger partial charge in [0.25, 0.3) is 5.95 Å². The first-order valence-corrected chi connectivity index (χ1v) is 7.59. The van der Waals surface area contributed by atoms with Crippen molar-refractivity contribution in [3.05, 3.63) is 59.5 Å². The fourth-order valence-corrected chi connectivity index (χ4v) is 3.08. The lowest BCUT2D eigenvalue weighted by Gasteiger charge is -2.24. The zero-order valence-electron chi connectivity index (χ0n) is 13.0. The molecule has 0 aliphatic carbocycles. The summed E-state index contributed by atoms with van der Waals surface area (Å²) in [5.74, 6) is 1.01. The molecule has 1 amide bonds. The Bertz CT molecular complexity index is 903. The van der Waals surface area contributed by atoms with Crippen LogP contribution in [0.15, 0.2) is 42.7 Å². The maximum Gasteiger partial charge on any atom is 0.252 e. The summed E-state index contributed by atoms with van der Waals surface area (Å²) in [5.41, 5.74) is 2.73.